The summed E-state index contributed by atoms with van der Waals surface area (Å²) in [6, 6.07) is -0.647. The van der Waals surface area contributed by atoms with E-state index in [0.717, 1.165) is 6.42 Å². The highest BCUT2D eigenvalue weighted by Crippen LogP contribution is 2.53. The lowest BCUT2D eigenvalue weighted by Gasteiger charge is -2.30. The van der Waals surface area contributed by atoms with Crippen molar-refractivity contribution in [3.05, 3.63) is 0 Å². The molecule has 18 heavy (non-hydrogen) atoms. The van der Waals surface area contributed by atoms with Crippen LogP contribution in [0.15, 0.2) is 0 Å². The molecular formula is C13H21NO3S. The number of rotatable bonds is 3. The van der Waals surface area contributed by atoms with Crippen molar-refractivity contribution in [2.45, 2.75) is 45.5 Å². The van der Waals surface area contributed by atoms with Crippen LogP contribution in [0.2, 0.25) is 0 Å². The Hall–Kier alpha value is -0.710. The second-order valence-corrected chi connectivity index (χ2v) is 7.46. The Morgan fingerprint density at radius 3 is 2.33 bits per heavy atom. The fourth-order valence-corrected chi connectivity index (χ4v) is 4.06. The number of nitrogens with zero attached hydrogens (tertiary/aromatic N) is 1. The molecule has 5 heteroatoms. The summed E-state index contributed by atoms with van der Waals surface area (Å²) >= 11 is 1.59. The summed E-state index contributed by atoms with van der Waals surface area (Å²) in [6.45, 7) is 8.22. The average molecular weight is 271 g/mol. The first-order valence-electron chi connectivity index (χ1n) is 6.42. The molecule has 3 atom stereocenters. The molecule has 0 aromatic rings. The standard InChI is InChI=1S/C13H21NO3S/c1-7(2)11-14(9(6-18-11)12(16)17)10(15)8-5-13(8,3)4/h7-9,11H,5-6H2,1-4H3,(H,16,17). The van der Waals surface area contributed by atoms with E-state index in [2.05, 4.69) is 13.8 Å². The molecular weight excluding hydrogens is 250 g/mol. The molecule has 0 radical (unpaired) electrons. The van der Waals surface area contributed by atoms with E-state index >= 15 is 0 Å². The van der Waals surface area contributed by atoms with Gasteiger partial charge in [-0.25, -0.2) is 4.79 Å². The van der Waals surface area contributed by atoms with Crippen LogP contribution in [0.5, 0.6) is 0 Å². The van der Waals surface area contributed by atoms with Crippen LogP contribution in [0.25, 0.3) is 0 Å². The van der Waals surface area contributed by atoms with Crippen molar-refractivity contribution in [1.29, 1.82) is 0 Å². The van der Waals surface area contributed by atoms with Crippen molar-refractivity contribution < 1.29 is 14.7 Å². The van der Waals surface area contributed by atoms with E-state index in [0.29, 0.717) is 5.75 Å². The Bertz CT molecular complexity index is 380. The molecule has 2 aliphatic rings. The summed E-state index contributed by atoms with van der Waals surface area (Å²) < 4.78 is 0. The van der Waals surface area contributed by atoms with Gasteiger partial charge in [-0.3, -0.25) is 4.79 Å². The zero-order valence-corrected chi connectivity index (χ0v) is 12.2. The van der Waals surface area contributed by atoms with Gasteiger partial charge in [0.1, 0.15) is 6.04 Å². The highest BCUT2D eigenvalue weighted by Gasteiger charge is 2.55. The average Bonchev–Trinajstić information content (AvgIpc) is 2.75. The summed E-state index contributed by atoms with van der Waals surface area (Å²) in [7, 11) is 0. The molecule has 0 spiro atoms. The zero-order chi connectivity index (χ0) is 13.7. The van der Waals surface area contributed by atoms with Gasteiger partial charge >= 0.3 is 5.97 Å². The number of carbonyl (C=O) groups is 2. The van der Waals surface area contributed by atoms with Gasteiger partial charge < -0.3 is 10.0 Å². The molecule has 2 fully saturated rings. The van der Waals surface area contributed by atoms with Gasteiger partial charge in [-0.1, -0.05) is 27.7 Å². The van der Waals surface area contributed by atoms with Crippen LogP contribution >= 0.6 is 11.8 Å². The molecule has 4 nitrogen and oxygen atoms in total. The molecule has 1 aliphatic heterocycles. The third-order valence-corrected chi connectivity index (χ3v) is 5.58. The normalized spacial score (nSPS) is 33.8. The fraction of sp³-hybridized carbons (Fsp3) is 0.846. The fourth-order valence-electron chi connectivity index (χ4n) is 2.58. The number of carboxylic acids is 1. The molecule has 0 aromatic heterocycles. The maximum absolute atomic E-state index is 12.5. The lowest BCUT2D eigenvalue weighted by Crippen LogP contribution is -2.48. The number of aliphatic carboxylic acids is 1. The Kier molecular flexibility index (Phi) is 3.38. The van der Waals surface area contributed by atoms with Gasteiger partial charge in [0.15, 0.2) is 0 Å². The number of amides is 1. The van der Waals surface area contributed by atoms with Crippen LogP contribution in [-0.4, -0.2) is 39.1 Å². The van der Waals surface area contributed by atoms with E-state index in [1.165, 1.54) is 0 Å². The minimum Gasteiger partial charge on any atom is -0.480 e. The Morgan fingerprint density at radius 1 is 1.39 bits per heavy atom. The molecule has 0 bridgehead atoms. The number of carboxylic acid groups (broad SMARTS) is 1. The van der Waals surface area contributed by atoms with Crippen molar-refractivity contribution in [3.63, 3.8) is 0 Å². The first kappa shape index (κ1) is 13.7. The molecule has 1 heterocycles. The van der Waals surface area contributed by atoms with E-state index in [-0.39, 0.29) is 28.5 Å². The van der Waals surface area contributed by atoms with Crippen LogP contribution in [-0.2, 0) is 9.59 Å². The van der Waals surface area contributed by atoms with Gasteiger partial charge in [0, 0.05) is 11.7 Å². The molecule has 1 N–H and O–H groups in total. The topological polar surface area (TPSA) is 57.6 Å². The molecule has 1 saturated carbocycles. The predicted molar refractivity (Wildman–Crippen MR) is 71.2 cm³/mol. The third-order valence-electron chi connectivity index (χ3n) is 3.96. The number of hydrogen-bond donors (Lipinski definition) is 1. The lowest BCUT2D eigenvalue weighted by atomic mass is 10.1. The van der Waals surface area contributed by atoms with Crippen LogP contribution in [0.1, 0.15) is 34.1 Å². The molecule has 2 rings (SSSR count). The zero-order valence-electron chi connectivity index (χ0n) is 11.3. The van der Waals surface area contributed by atoms with Crippen molar-refractivity contribution in [2.24, 2.45) is 17.3 Å². The number of thioether (sulfide) groups is 1. The van der Waals surface area contributed by atoms with E-state index in [9.17, 15) is 14.7 Å². The molecule has 102 valence electrons. The Labute approximate surface area is 112 Å². The molecule has 3 unspecified atom stereocenters. The Morgan fingerprint density at radius 2 is 1.94 bits per heavy atom. The maximum atomic E-state index is 12.5. The van der Waals surface area contributed by atoms with Crippen LogP contribution in [0.4, 0.5) is 0 Å². The molecule has 1 amide bonds. The molecule has 1 aliphatic carbocycles. The first-order chi connectivity index (χ1) is 8.25. The quantitative estimate of drug-likeness (QED) is 0.853. The molecule has 0 aromatic carbocycles. The Balaban J connectivity index is 2.19. The van der Waals surface area contributed by atoms with Crippen LogP contribution in [0.3, 0.4) is 0 Å². The number of hydrogen-bond acceptors (Lipinski definition) is 3. The predicted octanol–water partition coefficient (Wildman–Crippen LogP) is 2.04. The monoisotopic (exact) mass is 271 g/mol. The van der Waals surface area contributed by atoms with Gasteiger partial charge in [0.2, 0.25) is 5.91 Å². The summed E-state index contributed by atoms with van der Waals surface area (Å²) in [5.41, 5.74) is 0.0505. The highest BCUT2D eigenvalue weighted by molar-refractivity contribution is 8.00. The summed E-state index contributed by atoms with van der Waals surface area (Å²) in [5, 5.41) is 9.27. The van der Waals surface area contributed by atoms with Crippen LogP contribution < -0.4 is 0 Å². The van der Waals surface area contributed by atoms with Gasteiger partial charge in [-0.2, -0.15) is 0 Å². The van der Waals surface area contributed by atoms with Crippen molar-refractivity contribution in [2.75, 3.05) is 5.75 Å². The highest BCUT2D eigenvalue weighted by atomic mass is 32.2. The van der Waals surface area contributed by atoms with E-state index in [1.807, 2.05) is 13.8 Å². The largest absolute Gasteiger partial charge is 0.480 e. The molecule has 1 saturated heterocycles. The smallest absolute Gasteiger partial charge is 0.327 e. The summed E-state index contributed by atoms with van der Waals surface area (Å²) in [5.74, 6) is -0.0325. The van der Waals surface area contributed by atoms with E-state index in [1.54, 1.807) is 16.7 Å². The first-order valence-corrected chi connectivity index (χ1v) is 7.47. The van der Waals surface area contributed by atoms with Crippen molar-refractivity contribution in [1.82, 2.24) is 4.90 Å². The second kappa shape index (κ2) is 4.44. The maximum Gasteiger partial charge on any atom is 0.327 e. The van der Waals surface area contributed by atoms with E-state index in [4.69, 9.17) is 0 Å². The SMILES string of the molecule is CC(C)C1SCC(C(=O)O)N1C(=O)C1CC1(C)C. The summed E-state index contributed by atoms with van der Waals surface area (Å²) in [6.07, 6.45) is 0.879. The number of carbonyl (C=O) groups excluding carboxylic acids is 1. The van der Waals surface area contributed by atoms with Crippen LogP contribution in [0, 0.1) is 17.3 Å². The van der Waals surface area contributed by atoms with Gasteiger partial charge in [0.05, 0.1) is 5.37 Å². The van der Waals surface area contributed by atoms with Gasteiger partial charge in [0.25, 0.3) is 0 Å². The van der Waals surface area contributed by atoms with Gasteiger partial charge in [-0.05, 0) is 17.8 Å². The van der Waals surface area contributed by atoms with E-state index < -0.39 is 12.0 Å². The van der Waals surface area contributed by atoms with Crippen molar-refractivity contribution >= 4 is 23.6 Å². The lowest BCUT2D eigenvalue weighted by molar-refractivity contribution is -0.150. The third kappa shape index (κ3) is 2.25. The minimum atomic E-state index is -0.877. The summed E-state index contributed by atoms with van der Waals surface area (Å²) in [4.78, 5) is 25.4. The second-order valence-electron chi connectivity index (χ2n) is 6.31. The minimum absolute atomic E-state index is 0.00926. The van der Waals surface area contributed by atoms with Gasteiger partial charge in [-0.15, -0.1) is 11.8 Å². The van der Waals surface area contributed by atoms with Crippen molar-refractivity contribution in [3.8, 4) is 0 Å².